The monoisotopic (exact) mass is 443 g/mol. The van der Waals surface area contributed by atoms with E-state index in [1.165, 1.54) is 12.1 Å². The van der Waals surface area contributed by atoms with Crippen LogP contribution in [0.15, 0.2) is 65.1 Å². The molecular formula is C22H19BrFNO3. The highest BCUT2D eigenvalue weighted by Gasteiger charge is 2.13. The first kappa shape index (κ1) is 19.9. The van der Waals surface area contributed by atoms with E-state index < -0.39 is 0 Å². The molecule has 0 bridgehead atoms. The van der Waals surface area contributed by atoms with Gasteiger partial charge in [-0.05, 0) is 76.9 Å². The maximum absolute atomic E-state index is 13.3. The van der Waals surface area contributed by atoms with Gasteiger partial charge in [0.2, 0.25) is 0 Å². The second-order valence-corrected chi connectivity index (χ2v) is 7.01. The number of nitrogens with one attached hydrogen (secondary N) is 1. The molecule has 0 unspecified atom stereocenters. The average Bonchev–Trinajstić information content (AvgIpc) is 2.69. The molecule has 0 fully saturated rings. The second-order valence-electron chi connectivity index (χ2n) is 6.16. The van der Waals surface area contributed by atoms with Gasteiger partial charge in [-0.15, -0.1) is 0 Å². The maximum Gasteiger partial charge on any atom is 0.255 e. The zero-order valence-electron chi connectivity index (χ0n) is 15.5. The zero-order valence-corrected chi connectivity index (χ0v) is 17.0. The molecule has 1 amide bonds. The number of benzene rings is 3. The lowest BCUT2D eigenvalue weighted by Gasteiger charge is -2.13. The number of ether oxygens (including phenoxy) is 2. The van der Waals surface area contributed by atoms with Gasteiger partial charge in [-0.1, -0.05) is 12.1 Å². The van der Waals surface area contributed by atoms with E-state index in [2.05, 4.69) is 21.2 Å². The van der Waals surface area contributed by atoms with Crippen LogP contribution in [0.4, 0.5) is 10.1 Å². The van der Waals surface area contributed by atoms with Gasteiger partial charge in [0, 0.05) is 16.8 Å². The Kier molecular flexibility index (Phi) is 6.31. The number of amides is 1. The van der Waals surface area contributed by atoms with Crippen molar-refractivity contribution in [2.75, 3.05) is 12.4 Å². The summed E-state index contributed by atoms with van der Waals surface area (Å²) in [4.78, 5) is 12.6. The van der Waals surface area contributed by atoms with Crippen molar-refractivity contribution in [2.45, 2.75) is 13.5 Å². The fraction of sp³-hybridized carbons (Fsp3) is 0.136. The Bertz CT molecular complexity index is 1010. The molecule has 3 aromatic rings. The lowest BCUT2D eigenvalue weighted by Crippen LogP contribution is -2.13. The number of carbonyl (C=O) groups excluding carboxylic acids is 1. The molecule has 0 aliphatic heterocycles. The molecule has 0 saturated carbocycles. The van der Waals surface area contributed by atoms with Crippen molar-refractivity contribution in [1.82, 2.24) is 0 Å². The Labute approximate surface area is 171 Å². The Morgan fingerprint density at radius 1 is 1.07 bits per heavy atom. The van der Waals surface area contributed by atoms with Crippen molar-refractivity contribution >= 4 is 27.5 Å². The van der Waals surface area contributed by atoms with E-state index >= 15 is 0 Å². The lowest BCUT2D eigenvalue weighted by molar-refractivity contribution is 0.102. The van der Waals surface area contributed by atoms with E-state index in [1.54, 1.807) is 38.3 Å². The minimum atomic E-state index is -0.341. The lowest BCUT2D eigenvalue weighted by atomic mass is 10.1. The van der Waals surface area contributed by atoms with E-state index in [9.17, 15) is 9.18 Å². The highest BCUT2D eigenvalue weighted by molar-refractivity contribution is 9.10. The Balaban J connectivity index is 1.79. The fourth-order valence-electron chi connectivity index (χ4n) is 2.71. The van der Waals surface area contributed by atoms with E-state index in [0.29, 0.717) is 28.3 Å². The smallest absolute Gasteiger partial charge is 0.255 e. The quantitative estimate of drug-likeness (QED) is 0.528. The SMILES string of the molecule is COc1ccc(C(=O)Nc2ccc(F)cc2C)cc1COc1ccccc1Br. The molecule has 0 spiro atoms. The van der Waals surface area contributed by atoms with E-state index in [1.807, 2.05) is 24.3 Å². The third-order valence-corrected chi connectivity index (χ3v) is 4.85. The third-order valence-electron chi connectivity index (χ3n) is 4.20. The zero-order chi connectivity index (χ0) is 20.1. The van der Waals surface area contributed by atoms with Crippen molar-refractivity contribution in [3.63, 3.8) is 0 Å². The second kappa shape index (κ2) is 8.89. The molecule has 144 valence electrons. The molecule has 1 N–H and O–H groups in total. The van der Waals surface area contributed by atoms with Crippen molar-refractivity contribution in [3.8, 4) is 11.5 Å². The van der Waals surface area contributed by atoms with Gasteiger partial charge in [0.25, 0.3) is 5.91 Å². The Hall–Kier alpha value is -2.86. The van der Waals surface area contributed by atoms with Crippen LogP contribution < -0.4 is 14.8 Å². The summed E-state index contributed by atoms with van der Waals surface area (Å²) in [6.45, 7) is 1.98. The van der Waals surface area contributed by atoms with Gasteiger partial charge in [-0.25, -0.2) is 4.39 Å². The van der Waals surface area contributed by atoms with Crippen molar-refractivity contribution in [2.24, 2.45) is 0 Å². The minimum Gasteiger partial charge on any atom is -0.496 e. The first-order valence-corrected chi connectivity index (χ1v) is 9.39. The molecule has 0 radical (unpaired) electrons. The molecule has 0 aromatic heterocycles. The van der Waals surface area contributed by atoms with Crippen LogP contribution in [-0.2, 0) is 6.61 Å². The summed E-state index contributed by atoms with van der Waals surface area (Å²) in [5.74, 6) is 0.689. The summed E-state index contributed by atoms with van der Waals surface area (Å²) in [6, 6.07) is 16.9. The number of anilines is 1. The number of halogens is 2. The molecule has 0 aliphatic rings. The molecule has 3 aromatic carbocycles. The van der Waals surface area contributed by atoms with Gasteiger partial charge in [0.05, 0.1) is 11.6 Å². The van der Waals surface area contributed by atoms with Gasteiger partial charge < -0.3 is 14.8 Å². The van der Waals surface area contributed by atoms with Crippen LogP contribution in [0, 0.1) is 12.7 Å². The van der Waals surface area contributed by atoms with Crippen LogP contribution in [0.2, 0.25) is 0 Å². The molecule has 0 saturated heterocycles. The summed E-state index contributed by atoms with van der Waals surface area (Å²) in [6.07, 6.45) is 0. The average molecular weight is 444 g/mol. The van der Waals surface area contributed by atoms with Crippen molar-refractivity contribution in [1.29, 1.82) is 0 Å². The topological polar surface area (TPSA) is 47.6 Å². The van der Waals surface area contributed by atoms with Crippen LogP contribution in [-0.4, -0.2) is 13.0 Å². The molecular weight excluding hydrogens is 425 g/mol. The molecule has 0 aliphatic carbocycles. The van der Waals surface area contributed by atoms with Crippen molar-refractivity contribution in [3.05, 3.63) is 87.6 Å². The van der Waals surface area contributed by atoms with Gasteiger partial charge >= 0.3 is 0 Å². The molecule has 6 heteroatoms. The van der Waals surface area contributed by atoms with Crippen LogP contribution in [0.3, 0.4) is 0 Å². The van der Waals surface area contributed by atoms with E-state index in [-0.39, 0.29) is 18.3 Å². The largest absolute Gasteiger partial charge is 0.496 e. The van der Waals surface area contributed by atoms with Crippen LogP contribution in [0.25, 0.3) is 0 Å². The summed E-state index contributed by atoms with van der Waals surface area (Å²) < 4.78 is 25.3. The molecule has 4 nitrogen and oxygen atoms in total. The van der Waals surface area contributed by atoms with Gasteiger partial charge in [-0.3, -0.25) is 4.79 Å². The number of para-hydroxylation sites is 1. The standard InChI is InChI=1S/C22H19BrFNO3/c1-14-11-17(24)8-9-19(14)25-22(26)15-7-10-20(27-2)16(12-15)13-28-21-6-4-3-5-18(21)23/h3-12H,13H2,1-2H3,(H,25,26). The predicted octanol–water partition coefficient (Wildman–Crippen LogP) is 5.74. The fourth-order valence-corrected chi connectivity index (χ4v) is 3.11. The number of methoxy groups -OCH3 is 1. The van der Waals surface area contributed by atoms with E-state index in [4.69, 9.17) is 9.47 Å². The van der Waals surface area contributed by atoms with Crippen LogP contribution >= 0.6 is 15.9 Å². The van der Waals surface area contributed by atoms with Gasteiger partial charge in [-0.2, -0.15) is 0 Å². The number of carbonyl (C=O) groups is 1. The molecule has 0 atom stereocenters. The Morgan fingerprint density at radius 2 is 1.86 bits per heavy atom. The third kappa shape index (κ3) is 4.70. The predicted molar refractivity (Wildman–Crippen MR) is 111 cm³/mol. The first-order valence-electron chi connectivity index (χ1n) is 8.59. The summed E-state index contributed by atoms with van der Waals surface area (Å²) in [5.41, 5.74) is 2.41. The van der Waals surface area contributed by atoms with Crippen molar-refractivity contribution < 1.29 is 18.7 Å². The summed E-state index contributed by atoms with van der Waals surface area (Å²) in [7, 11) is 1.57. The van der Waals surface area contributed by atoms with Crippen LogP contribution in [0.1, 0.15) is 21.5 Å². The first-order chi connectivity index (χ1) is 13.5. The Morgan fingerprint density at radius 3 is 2.57 bits per heavy atom. The molecule has 0 heterocycles. The highest BCUT2D eigenvalue weighted by Crippen LogP contribution is 2.27. The van der Waals surface area contributed by atoms with E-state index in [0.717, 1.165) is 10.0 Å². The number of aryl methyl sites for hydroxylation is 1. The normalized spacial score (nSPS) is 10.4. The van der Waals surface area contributed by atoms with Crippen LogP contribution in [0.5, 0.6) is 11.5 Å². The minimum absolute atomic E-state index is 0.239. The molecule has 3 rings (SSSR count). The number of hydrogen-bond donors (Lipinski definition) is 1. The van der Waals surface area contributed by atoms with Gasteiger partial charge in [0.15, 0.2) is 0 Å². The maximum atomic E-state index is 13.3. The summed E-state index contributed by atoms with van der Waals surface area (Å²) >= 11 is 3.44. The number of hydrogen-bond acceptors (Lipinski definition) is 3. The number of rotatable bonds is 6. The van der Waals surface area contributed by atoms with Gasteiger partial charge in [0.1, 0.15) is 23.9 Å². The summed E-state index contributed by atoms with van der Waals surface area (Å²) in [5, 5.41) is 2.81. The molecule has 28 heavy (non-hydrogen) atoms. The highest BCUT2D eigenvalue weighted by atomic mass is 79.9.